The van der Waals surface area contributed by atoms with E-state index in [-0.39, 0.29) is 23.5 Å². The Morgan fingerprint density at radius 3 is 2.12 bits per heavy atom. The van der Waals surface area contributed by atoms with E-state index in [1.807, 2.05) is 30.3 Å². The molecule has 2 heterocycles. The summed E-state index contributed by atoms with van der Waals surface area (Å²) in [5.74, 6) is 0.00628. The van der Waals surface area contributed by atoms with Crippen LogP contribution in [0.5, 0.6) is 0 Å². The lowest BCUT2D eigenvalue weighted by Crippen LogP contribution is -2.46. The van der Waals surface area contributed by atoms with Crippen molar-refractivity contribution in [2.24, 2.45) is 5.92 Å². The second-order valence-corrected chi connectivity index (χ2v) is 9.00. The lowest BCUT2D eigenvalue weighted by molar-refractivity contribution is -0.211. The summed E-state index contributed by atoms with van der Waals surface area (Å²) in [6.45, 7) is 4.76. The molecule has 3 nitrogen and oxygen atoms in total. The van der Waals surface area contributed by atoms with Gasteiger partial charge in [0.25, 0.3) is 0 Å². The maximum Gasteiger partial charge on any atom is 0.416 e. The van der Waals surface area contributed by atoms with Gasteiger partial charge in [0.2, 0.25) is 0 Å². The van der Waals surface area contributed by atoms with Crippen LogP contribution in [0.15, 0.2) is 48.5 Å². The van der Waals surface area contributed by atoms with Crippen LogP contribution >= 0.6 is 0 Å². The molecule has 0 bridgehead atoms. The van der Waals surface area contributed by atoms with Gasteiger partial charge in [-0.1, -0.05) is 30.3 Å². The molecule has 0 unspecified atom stereocenters. The quantitative estimate of drug-likeness (QED) is 0.426. The van der Waals surface area contributed by atoms with Crippen molar-refractivity contribution in [1.82, 2.24) is 4.90 Å². The molecule has 0 amide bonds. The van der Waals surface area contributed by atoms with Crippen molar-refractivity contribution in [3.8, 4) is 0 Å². The highest BCUT2D eigenvalue weighted by molar-refractivity contribution is 5.34. The molecular formula is C25H27F6NO2. The van der Waals surface area contributed by atoms with Gasteiger partial charge in [-0.05, 0) is 68.1 Å². The molecule has 9 heteroatoms. The Bertz CT molecular complexity index is 926. The first kappa shape index (κ1) is 25.0. The highest BCUT2D eigenvalue weighted by Crippen LogP contribution is 2.41. The number of hydrogen-bond donors (Lipinski definition) is 0. The number of likely N-dealkylation sites (tertiary alicyclic amines) is 1. The fraction of sp³-hybridized carbons (Fsp3) is 0.520. The van der Waals surface area contributed by atoms with Crippen LogP contribution < -0.4 is 0 Å². The first-order valence-electron chi connectivity index (χ1n) is 11.4. The van der Waals surface area contributed by atoms with E-state index in [9.17, 15) is 26.3 Å². The van der Waals surface area contributed by atoms with Crippen LogP contribution in [0.1, 0.15) is 54.0 Å². The predicted octanol–water partition coefficient (Wildman–Crippen LogP) is 6.65. The third-order valence-electron chi connectivity index (χ3n) is 6.62. The van der Waals surface area contributed by atoms with Crippen molar-refractivity contribution in [1.29, 1.82) is 0 Å². The second-order valence-electron chi connectivity index (χ2n) is 9.00. The Morgan fingerprint density at radius 2 is 1.59 bits per heavy atom. The Morgan fingerprint density at radius 1 is 0.971 bits per heavy atom. The number of ether oxygens (including phenoxy) is 2. The summed E-state index contributed by atoms with van der Waals surface area (Å²) in [5.41, 5.74) is -1.92. The van der Waals surface area contributed by atoms with Crippen LogP contribution in [-0.4, -0.2) is 37.4 Å². The largest absolute Gasteiger partial charge is 0.416 e. The van der Waals surface area contributed by atoms with Gasteiger partial charge in [-0.25, -0.2) is 0 Å². The number of nitrogens with zero attached hydrogens (tertiary/aromatic N) is 1. The van der Waals surface area contributed by atoms with Crippen LogP contribution in [0.25, 0.3) is 0 Å². The minimum atomic E-state index is -4.91. The minimum Gasteiger partial charge on any atom is -0.352 e. The molecule has 0 spiro atoms. The van der Waals surface area contributed by atoms with E-state index in [4.69, 9.17) is 9.47 Å². The van der Waals surface area contributed by atoms with Gasteiger partial charge in [-0.2, -0.15) is 26.3 Å². The van der Waals surface area contributed by atoms with Gasteiger partial charge in [0.15, 0.2) is 6.29 Å². The zero-order chi connectivity index (χ0) is 24.5. The molecule has 2 fully saturated rings. The highest BCUT2D eigenvalue weighted by Gasteiger charge is 2.40. The molecular weight excluding hydrogens is 460 g/mol. The SMILES string of the molecule is C[C@@H](O[C@H]1OCC[C@H](CN2CCC2)[C@H]1c1ccccc1)c1cc(C(F)(F)F)cc(C(F)(F)F)c1. The zero-order valence-electron chi connectivity index (χ0n) is 18.7. The number of alkyl halides is 6. The molecule has 0 aromatic heterocycles. The van der Waals surface area contributed by atoms with Gasteiger partial charge >= 0.3 is 12.4 Å². The van der Waals surface area contributed by atoms with E-state index < -0.39 is 35.9 Å². The van der Waals surface area contributed by atoms with Crippen molar-refractivity contribution < 1.29 is 35.8 Å². The zero-order valence-corrected chi connectivity index (χ0v) is 18.7. The Kier molecular flexibility index (Phi) is 7.26. The minimum absolute atomic E-state index is 0.128. The van der Waals surface area contributed by atoms with Crippen LogP contribution in [0.2, 0.25) is 0 Å². The molecule has 2 aliphatic heterocycles. The lowest BCUT2D eigenvalue weighted by atomic mass is 9.81. The van der Waals surface area contributed by atoms with Crippen molar-refractivity contribution in [3.63, 3.8) is 0 Å². The first-order valence-corrected chi connectivity index (χ1v) is 11.4. The van der Waals surface area contributed by atoms with Gasteiger partial charge in [0.1, 0.15) is 0 Å². The molecule has 186 valence electrons. The van der Waals surface area contributed by atoms with Gasteiger partial charge in [-0.15, -0.1) is 0 Å². The van der Waals surface area contributed by atoms with E-state index in [0.717, 1.165) is 50.2 Å². The van der Waals surface area contributed by atoms with Crippen LogP contribution in [-0.2, 0) is 21.8 Å². The second kappa shape index (κ2) is 9.87. The number of benzene rings is 2. The van der Waals surface area contributed by atoms with E-state index in [0.29, 0.717) is 6.61 Å². The molecule has 0 radical (unpaired) electrons. The summed E-state index contributed by atoms with van der Waals surface area (Å²) in [6, 6.07) is 11.2. The topological polar surface area (TPSA) is 21.7 Å². The molecule has 0 saturated carbocycles. The van der Waals surface area contributed by atoms with Gasteiger partial charge < -0.3 is 14.4 Å². The van der Waals surface area contributed by atoms with Crippen molar-refractivity contribution in [2.75, 3.05) is 26.2 Å². The average Bonchev–Trinajstić information content (AvgIpc) is 2.75. The molecule has 2 aromatic carbocycles. The predicted molar refractivity (Wildman–Crippen MR) is 114 cm³/mol. The highest BCUT2D eigenvalue weighted by atomic mass is 19.4. The molecule has 34 heavy (non-hydrogen) atoms. The van der Waals surface area contributed by atoms with Crippen molar-refractivity contribution in [3.05, 3.63) is 70.8 Å². The summed E-state index contributed by atoms with van der Waals surface area (Å²) in [5, 5.41) is 0. The standard InChI is InChI=1S/C25H27F6NO2/c1-16(19-12-20(24(26,27)28)14-21(13-19)25(29,30)31)34-23-22(17-6-3-2-4-7-17)18(8-11-33-23)15-32-9-5-10-32/h2-4,6-7,12-14,16,18,22-23H,5,8-11,15H2,1H3/t16-,18-,22-,23-/m1/s1. The number of rotatable bonds is 6. The maximum absolute atomic E-state index is 13.3. The van der Waals surface area contributed by atoms with Crippen LogP contribution in [0.3, 0.4) is 0 Å². The summed E-state index contributed by atoms with van der Waals surface area (Å²) in [4.78, 5) is 2.34. The number of hydrogen-bond acceptors (Lipinski definition) is 3. The third kappa shape index (κ3) is 5.75. The molecule has 0 N–H and O–H groups in total. The van der Waals surface area contributed by atoms with Gasteiger partial charge in [0, 0.05) is 12.5 Å². The summed E-state index contributed by atoms with van der Waals surface area (Å²) in [6.07, 6.45) is -9.71. The summed E-state index contributed by atoms with van der Waals surface area (Å²) < 4.78 is 91.9. The Balaban J connectivity index is 1.62. The fourth-order valence-corrected chi connectivity index (χ4v) is 4.66. The van der Waals surface area contributed by atoms with E-state index in [1.54, 1.807) is 0 Å². The van der Waals surface area contributed by atoms with Gasteiger partial charge in [-0.3, -0.25) is 0 Å². The average molecular weight is 487 g/mol. The first-order chi connectivity index (χ1) is 16.0. The van der Waals surface area contributed by atoms with Crippen molar-refractivity contribution >= 4 is 0 Å². The van der Waals surface area contributed by atoms with E-state index >= 15 is 0 Å². The maximum atomic E-state index is 13.3. The van der Waals surface area contributed by atoms with Crippen LogP contribution in [0, 0.1) is 5.92 Å². The summed E-state index contributed by atoms with van der Waals surface area (Å²) >= 11 is 0. The molecule has 2 aliphatic rings. The smallest absolute Gasteiger partial charge is 0.352 e. The van der Waals surface area contributed by atoms with E-state index in [1.165, 1.54) is 6.92 Å². The molecule has 4 atom stereocenters. The Hall–Kier alpha value is -2.10. The molecule has 0 aliphatic carbocycles. The van der Waals surface area contributed by atoms with Gasteiger partial charge in [0.05, 0.1) is 23.8 Å². The normalized spacial score (nSPS) is 25.1. The number of halogens is 6. The van der Waals surface area contributed by atoms with E-state index in [2.05, 4.69) is 4.90 Å². The molecule has 2 saturated heterocycles. The lowest BCUT2D eigenvalue weighted by Gasteiger charge is -2.43. The molecule has 4 rings (SSSR count). The third-order valence-corrected chi connectivity index (χ3v) is 6.62. The van der Waals surface area contributed by atoms with Crippen LogP contribution in [0.4, 0.5) is 26.3 Å². The fourth-order valence-electron chi connectivity index (χ4n) is 4.66. The molecule has 2 aromatic rings. The Labute approximate surface area is 194 Å². The summed E-state index contributed by atoms with van der Waals surface area (Å²) in [7, 11) is 0. The monoisotopic (exact) mass is 487 g/mol. The van der Waals surface area contributed by atoms with Crippen molar-refractivity contribution in [2.45, 2.75) is 50.4 Å².